The fraction of sp³-hybridized carbons (Fsp3) is 0.294. The molecule has 0 radical (unpaired) electrons. The average molecular weight is 372 g/mol. The van der Waals surface area contributed by atoms with E-state index in [1.807, 2.05) is 26.2 Å². The summed E-state index contributed by atoms with van der Waals surface area (Å²) in [5, 5.41) is 12.1. The number of benzene rings is 1. The molecule has 3 heterocycles. The van der Waals surface area contributed by atoms with Crippen LogP contribution in [-0.4, -0.2) is 26.4 Å². The van der Waals surface area contributed by atoms with Crippen LogP contribution in [-0.2, 0) is 18.4 Å². The van der Waals surface area contributed by atoms with Crippen molar-refractivity contribution in [3.05, 3.63) is 41.5 Å². The van der Waals surface area contributed by atoms with E-state index in [2.05, 4.69) is 25.9 Å². The van der Waals surface area contributed by atoms with Crippen molar-refractivity contribution in [2.75, 3.05) is 5.32 Å². The summed E-state index contributed by atoms with van der Waals surface area (Å²) in [6.07, 6.45) is 4.03. The molecule has 9 heteroatoms. The van der Waals surface area contributed by atoms with Crippen molar-refractivity contribution in [1.29, 1.82) is 0 Å². The molecule has 0 bridgehead atoms. The number of fused-ring (bicyclic) bond motifs is 1. The number of hydrogen-bond donors (Lipinski definition) is 2. The van der Waals surface area contributed by atoms with Crippen molar-refractivity contribution < 1.29 is 9.18 Å². The third-order valence-electron chi connectivity index (χ3n) is 4.21. The highest BCUT2D eigenvalue weighted by atomic mass is 32.1. The van der Waals surface area contributed by atoms with Crippen LogP contribution in [0.5, 0.6) is 0 Å². The number of halogens is 1. The molecule has 7 nitrogen and oxygen atoms in total. The van der Waals surface area contributed by atoms with E-state index >= 15 is 0 Å². The second-order valence-electron chi connectivity index (χ2n) is 6.34. The molecule has 0 saturated carbocycles. The Hall–Kier alpha value is -2.81. The predicted molar refractivity (Wildman–Crippen MR) is 98.6 cm³/mol. The highest BCUT2D eigenvalue weighted by Crippen LogP contribution is 2.30. The van der Waals surface area contributed by atoms with Gasteiger partial charge in [0.25, 0.3) is 0 Å². The van der Waals surface area contributed by atoms with Crippen LogP contribution in [0.4, 0.5) is 9.52 Å². The first-order valence-electron chi connectivity index (χ1n) is 8.18. The maximum absolute atomic E-state index is 14.5. The van der Waals surface area contributed by atoms with Crippen molar-refractivity contribution in [3.8, 4) is 0 Å². The SMILES string of the molecule is CC1CC(=O)NN=C1c1cc(F)c2nc(NCc3cnn(C)c3)sc2c1. The molecule has 2 aromatic heterocycles. The zero-order valence-corrected chi connectivity index (χ0v) is 15.1. The molecule has 0 fully saturated rings. The van der Waals surface area contributed by atoms with Crippen molar-refractivity contribution in [2.24, 2.45) is 18.1 Å². The number of carbonyl (C=O) groups excluding carboxylic acids is 1. The first kappa shape index (κ1) is 16.6. The largest absolute Gasteiger partial charge is 0.357 e. The first-order chi connectivity index (χ1) is 12.5. The third-order valence-corrected chi connectivity index (χ3v) is 5.17. The zero-order chi connectivity index (χ0) is 18.3. The quantitative estimate of drug-likeness (QED) is 0.737. The summed E-state index contributed by atoms with van der Waals surface area (Å²) in [5.74, 6) is -0.575. The Morgan fingerprint density at radius 3 is 3.04 bits per heavy atom. The van der Waals surface area contributed by atoms with E-state index in [-0.39, 0.29) is 11.8 Å². The van der Waals surface area contributed by atoms with Crippen LogP contribution < -0.4 is 10.7 Å². The molecule has 0 saturated heterocycles. The number of nitrogens with zero attached hydrogens (tertiary/aromatic N) is 4. The molecule has 1 aromatic carbocycles. The Bertz CT molecular complexity index is 1020. The number of hydrazone groups is 1. The average Bonchev–Trinajstić information content (AvgIpc) is 3.19. The maximum atomic E-state index is 14.5. The molecule has 1 unspecified atom stereocenters. The number of aromatic nitrogens is 3. The molecule has 134 valence electrons. The van der Waals surface area contributed by atoms with Crippen LogP contribution in [0.3, 0.4) is 0 Å². The summed E-state index contributed by atoms with van der Waals surface area (Å²) in [5.41, 5.74) is 5.18. The van der Waals surface area contributed by atoms with Crippen LogP contribution in [0.1, 0.15) is 24.5 Å². The van der Waals surface area contributed by atoms with Crippen molar-refractivity contribution in [1.82, 2.24) is 20.2 Å². The van der Waals surface area contributed by atoms with Gasteiger partial charge in [-0.15, -0.1) is 0 Å². The number of rotatable bonds is 4. The lowest BCUT2D eigenvalue weighted by atomic mass is 9.94. The molecule has 1 aliphatic heterocycles. The number of nitrogens with one attached hydrogen (secondary N) is 2. The fourth-order valence-corrected chi connectivity index (χ4v) is 3.87. The van der Waals surface area contributed by atoms with Gasteiger partial charge in [-0.25, -0.2) is 14.8 Å². The molecule has 26 heavy (non-hydrogen) atoms. The van der Waals surface area contributed by atoms with Gasteiger partial charge in [-0.2, -0.15) is 10.2 Å². The van der Waals surface area contributed by atoms with Crippen molar-refractivity contribution in [3.63, 3.8) is 0 Å². The first-order valence-corrected chi connectivity index (χ1v) is 8.99. The Balaban J connectivity index is 1.61. The van der Waals surface area contributed by atoms with E-state index in [9.17, 15) is 9.18 Å². The normalized spacial score (nSPS) is 17.3. The molecular formula is C17H17FN6OS. The second-order valence-corrected chi connectivity index (χ2v) is 7.37. The van der Waals surface area contributed by atoms with Gasteiger partial charge >= 0.3 is 0 Å². The summed E-state index contributed by atoms with van der Waals surface area (Å²) in [6, 6.07) is 3.30. The van der Waals surface area contributed by atoms with E-state index in [1.165, 1.54) is 17.4 Å². The molecule has 0 spiro atoms. The number of hydrogen-bond acceptors (Lipinski definition) is 6. The Kier molecular flexibility index (Phi) is 4.15. The summed E-state index contributed by atoms with van der Waals surface area (Å²) in [7, 11) is 1.86. The lowest BCUT2D eigenvalue weighted by Crippen LogP contribution is -2.32. The molecule has 1 aliphatic rings. The molecule has 3 aromatic rings. The number of aryl methyl sites for hydroxylation is 1. The minimum atomic E-state index is -0.394. The van der Waals surface area contributed by atoms with Gasteiger partial charge in [0, 0.05) is 43.3 Å². The molecule has 0 aliphatic carbocycles. The van der Waals surface area contributed by atoms with Crippen LogP contribution >= 0.6 is 11.3 Å². The van der Waals surface area contributed by atoms with E-state index in [0.717, 1.165) is 10.3 Å². The zero-order valence-electron chi connectivity index (χ0n) is 14.3. The molecular weight excluding hydrogens is 355 g/mol. The van der Waals surface area contributed by atoms with Crippen LogP contribution in [0.15, 0.2) is 29.6 Å². The van der Waals surface area contributed by atoms with E-state index in [1.54, 1.807) is 10.9 Å². The van der Waals surface area contributed by atoms with Gasteiger partial charge in [0.2, 0.25) is 5.91 Å². The Labute approximate surface area is 152 Å². The highest BCUT2D eigenvalue weighted by Gasteiger charge is 2.23. The van der Waals surface area contributed by atoms with Gasteiger partial charge in [-0.1, -0.05) is 18.3 Å². The number of amides is 1. The summed E-state index contributed by atoms with van der Waals surface area (Å²) in [6.45, 7) is 2.48. The second kappa shape index (κ2) is 6.49. The summed E-state index contributed by atoms with van der Waals surface area (Å²) in [4.78, 5) is 15.8. The Morgan fingerprint density at radius 2 is 2.31 bits per heavy atom. The fourth-order valence-electron chi connectivity index (χ4n) is 2.96. The number of thiazole rings is 1. The molecule has 2 N–H and O–H groups in total. The standard InChI is InChI=1S/C17H17FN6OS/c1-9-3-14(25)22-23-15(9)11-4-12(18)16-13(5-11)26-17(21-16)19-6-10-7-20-24(2)8-10/h4-5,7-9H,3,6H2,1-2H3,(H,19,21)(H,22,25). The van der Waals surface area contributed by atoms with Crippen LogP contribution in [0, 0.1) is 11.7 Å². The van der Waals surface area contributed by atoms with Gasteiger partial charge in [-0.05, 0) is 12.1 Å². The van der Waals surface area contributed by atoms with Gasteiger partial charge < -0.3 is 5.32 Å². The topological polar surface area (TPSA) is 84.2 Å². The lowest BCUT2D eigenvalue weighted by molar-refractivity contribution is -0.121. The highest BCUT2D eigenvalue weighted by molar-refractivity contribution is 7.22. The predicted octanol–water partition coefficient (Wildman–Crippen LogP) is 2.64. The van der Waals surface area contributed by atoms with Gasteiger partial charge in [0.1, 0.15) is 5.52 Å². The van der Waals surface area contributed by atoms with Gasteiger partial charge in [0.05, 0.1) is 16.6 Å². The van der Waals surface area contributed by atoms with E-state index < -0.39 is 5.82 Å². The van der Waals surface area contributed by atoms with Crippen molar-refractivity contribution >= 4 is 38.3 Å². The van der Waals surface area contributed by atoms with Gasteiger partial charge in [-0.3, -0.25) is 9.48 Å². The van der Waals surface area contributed by atoms with Gasteiger partial charge in [0.15, 0.2) is 10.9 Å². The summed E-state index contributed by atoms with van der Waals surface area (Å²) >= 11 is 1.39. The summed E-state index contributed by atoms with van der Waals surface area (Å²) < 4.78 is 17.0. The molecule has 1 amide bonds. The monoisotopic (exact) mass is 372 g/mol. The third kappa shape index (κ3) is 3.17. The number of carbonyl (C=O) groups is 1. The Morgan fingerprint density at radius 1 is 1.46 bits per heavy atom. The van der Waals surface area contributed by atoms with Crippen LogP contribution in [0.2, 0.25) is 0 Å². The van der Waals surface area contributed by atoms with Crippen LogP contribution in [0.25, 0.3) is 10.2 Å². The smallest absolute Gasteiger partial charge is 0.240 e. The number of anilines is 1. The minimum Gasteiger partial charge on any atom is -0.357 e. The minimum absolute atomic E-state index is 0.0586. The van der Waals surface area contributed by atoms with E-state index in [0.29, 0.717) is 34.9 Å². The molecule has 1 atom stereocenters. The van der Waals surface area contributed by atoms with Crippen molar-refractivity contribution in [2.45, 2.75) is 19.9 Å². The lowest BCUT2D eigenvalue weighted by Gasteiger charge is -2.19. The van der Waals surface area contributed by atoms with E-state index in [4.69, 9.17) is 0 Å². The molecule has 4 rings (SSSR count). The maximum Gasteiger partial charge on any atom is 0.240 e.